The number of aromatic amines is 2. The van der Waals surface area contributed by atoms with E-state index in [4.69, 9.17) is 0 Å². The predicted octanol–water partition coefficient (Wildman–Crippen LogP) is 5.35. The molecule has 5 aromatic rings. The maximum atomic E-state index is 9.65. The largest absolute Gasteiger partial charge is 0.341 e. The van der Waals surface area contributed by atoms with Crippen LogP contribution in [-0.4, -0.2) is 24.3 Å². The molecule has 29 heavy (non-hydrogen) atoms. The first kappa shape index (κ1) is 18.2. The van der Waals surface area contributed by atoms with Crippen molar-refractivity contribution in [3.63, 3.8) is 0 Å². The smallest absolute Gasteiger partial charge is 0.129 e. The van der Waals surface area contributed by atoms with E-state index in [0.29, 0.717) is 17.1 Å². The molecule has 0 aliphatic heterocycles. The Kier molecular flexibility index (Phi) is 4.97. The molecule has 0 saturated carbocycles. The molecule has 0 amide bonds. The monoisotopic (exact) mass is 434 g/mol. The molecule has 0 radical (unpaired) electrons. The summed E-state index contributed by atoms with van der Waals surface area (Å²) in [6.45, 7) is 0. The van der Waals surface area contributed by atoms with Crippen LogP contribution in [0.4, 0.5) is 0 Å². The Balaban J connectivity index is 1.28. The van der Waals surface area contributed by atoms with Crippen LogP contribution < -0.4 is 0 Å². The lowest BCUT2D eigenvalue weighted by atomic mass is 10.3. The molecule has 2 aromatic carbocycles. The summed E-state index contributed by atoms with van der Waals surface area (Å²) in [5, 5.41) is 10.4. The van der Waals surface area contributed by atoms with Crippen LogP contribution in [0.1, 0.15) is 17.2 Å². The zero-order chi connectivity index (χ0) is 19.6. The van der Waals surface area contributed by atoms with Crippen molar-refractivity contribution < 1.29 is 0 Å². The number of H-pyrrole nitrogens is 2. The van der Waals surface area contributed by atoms with Crippen LogP contribution in [0.5, 0.6) is 0 Å². The molecule has 6 nitrogen and oxygen atoms in total. The molecule has 0 aliphatic carbocycles. The number of imidazole rings is 2. The number of para-hydroxylation sites is 4. The Morgan fingerprint density at radius 3 is 2.03 bits per heavy atom. The summed E-state index contributed by atoms with van der Waals surface area (Å²) < 4.78 is 5.42. The second-order valence-electron chi connectivity index (χ2n) is 6.24. The van der Waals surface area contributed by atoms with Gasteiger partial charge in [-0.1, -0.05) is 36.0 Å². The molecule has 0 fully saturated rings. The fourth-order valence-corrected chi connectivity index (χ4v) is 5.81. The van der Waals surface area contributed by atoms with E-state index >= 15 is 0 Å². The molecule has 0 spiro atoms. The Morgan fingerprint density at radius 2 is 1.45 bits per heavy atom. The number of benzene rings is 2. The van der Waals surface area contributed by atoms with Gasteiger partial charge in [-0.05, 0) is 35.8 Å². The fraction of sp³-hybridized carbons (Fsp3) is 0.100. The molecule has 142 valence electrons. The number of nitrogens with one attached hydrogen (secondary N) is 2. The lowest BCUT2D eigenvalue weighted by Crippen LogP contribution is -1.86. The molecule has 2 N–H and O–H groups in total. The Bertz CT molecular complexity index is 1180. The minimum Gasteiger partial charge on any atom is -0.341 e. The molecule has 0 bridgehead atoms. The number of nitrogens with zero attached hydrogens (tertiary/aromatic N) is 4. The first-order valence-corrected chi connectivity index (χ1v) is 11.6. The van der Waals surface area contributed by atoms with Gasteiger partial charge in [-0.15, -0.1) is 11.8 Å². The van der Waals surface area contributed by atoms with Crippen LogP contribution in [-0.2, 0) is 11.5 Å². The molecular weight excluding hydrogens is 420 g/mol. The maximum absolute atomic E-state index is 9.65. The van der Waals surface area contributed by atoms with Gasteiger partial charge in [0.1, 0.15) is 32.5 Å². The number of hydrogen-bond acceptors (Lipinski definition) is 7. The summed E-state index contributed by atoms with van der Waals surface area (Å²) in [6.07, 6.45) is 0. The van der Waals surface area contributed by atoms with E-state index in [-0.39, 0.29) is 0 Å². The van der Waals surface area contributed by atoms with Crippen molar-refractivity contribution in [2.24, 2.45) is 0 Å². The van der Waals surface area contributed by atoms with Gasteiger partial charge in [0.15, 0.2) is 0 Å². The van der Waals surface area contributed by atoms with Gasteiger partial charge in [-0.25, -0.2) is 9.97 Å². The molecule has 9 heteroatoms. The summed E-state index contributed by atoms with van der Waals surface area (Å²) in [7, 11) is 0. The number of hydrogen-bond donors (Lipinski definition) is 2. The quantitative estimate of drug-likeness (QED) is 0.350. The van der Waals surface area contributed by atoms with Crippen LogP contribution in [0.3, 0.4) is 0 Å². The number of nitriles is 1. The van der Waals surface area contributed by atoms with Crippen molar-refractivity contribution in [3.8, 4) is 6.07 Å². The minimum absolute atomic E-state index is 0.636. The van der Waals surface area contributed by atoms with E-state index in [0.717, 1.165) is 43.0 Å². The van der Waals surface area contributed by atoms with E-state index in [1.54, 1.807) is 11.8 Å². The average Bonchev–Trinajstić information content (AvgIpc) is 3.45. The van der Waals surface area contributed by atoms with Gasteiger partial charge in [-0.3, -0.25) is 0 Å². The van der Waals surface area contributed by atoms with Crippen LogP contribution >= 0.6 is 35.1 Å². The van der Waals surface area contributed by atoms with Crippen molar-refractivity contribution in [2.45, 2.75) is 20.7 Å². The third kappa shape index (κ3) is 3.74. The summed E-state index contributed by atoms with van der Waals surface area (Å²) in [4.78, 5) is 15.8. The van der Waals surface area contributed by atoms with Gasteiger partial charge >= 0.3 is 0 Å². The van der Waals surface area contributed by atoms with Gasteiger partial charge < -0.3 is 9.97 Å². The van der Waals surface area contributed by atoms with Gasteiger partial charge in [0.25, 0.3) is 0 Å². The highest BCUT2D eigenvalue weighted by atomic mass is 32.2. The SMILES string of the molecule is N#Cc1c(SCc2nc3ccccc3[nH]2)nsc1SCc1nc2ccccc2[nH]1. The number of thioether (sulfide) groups is 2. The zero-order valence-electron chi connectivity index (χ0n) is 15.0. The van der Waals surface area contributed by atoms with Crippen LogP contribution in [0.15, 0.2) is 57.8 Å². The second-order valence-corrected chi connectivity index (χ2v) is 9.22. The van der Waals surface area contributed by atoms with Crippen molar-refractivity contribution in [3.05, 3.63) is 65.7 Å². The number of fused-ring (bicyclic) bond motifs is 2. The van der Waals surface area contributed by atoms with E-state index in [2.05, 4.69) is 30.4 Å². The molecular formula is C20H14N6S3. The molecule has 0 atom stereocenters. The molecule has 3 heterocycles. The third-order valence-corrected chi connectivity index (χ3v) is 7.51. The van der Waals surface area contributed by atoms with Crippen molar-refractivity contribution in [1.82, 2.24) is 24.3 Å². The highest BCUT2D eigenvalue weighted by Crippen LogP contribution is 2.36. The average molecular weight is 435 g/mol. The highest BCUT2D eigenvalue weighted by molar-refractivity contribution is 8.00. The summed E-state index contributed by atoms with van der Waals surface area (Å²) in [6, 6.07) is 18.2. The predicted molar refractivity (Wildman–Crippen MR) is 118 cm³/mol. The highest BCUT2D eigenvalue weighted by Gasteiger charge is 2.16. The molecule has 0 aliphatic rings. The van der Waals surface area contributed by atoms with Crippen LogP contribution in [0, 0.1) is 11.3 Å². The summed E-state index contributed by atoms with van der Waals surface area (Å²) in [5.74, 6) is 3.08. The fourth-order valence-electron chi connectivity index (χ4n) is 2.97. The topological polar surface area (TPSA) is 94.0 Å². The Morgan fingerprint density at radius 1 is 0.862 bits per heavy atom. The lowest BCUT2D eigenvalue weighted by molar-refractivity contribution is 1.13. The third-order valence-electron chi connectivity index (χ3n) is 4.30. The van der Waals surface area contributed by atoms with Gasteiger partial charge in [-0.2, -0.15) is 9.64 Å². The first-order chi connectivity index (χ1) is 14.3. The van der Waals surface area contributed by atoms with E-state index in [9.17, 15) is 5.26 Å². The van der Waals surface area contributed by atoms with Crippen LogP contribution in [0.25, 0.3) is 22.1 Å². The van der Waals surface area contributed by atoms with Crippen molar-refractivity contribution in [2.75, 3.05) is 0 Å². The molecule has 3 aromatic heterocycles. The molecule has 5 rings (SSSR count). The van der Waals surface area contributed by atoms with Crippen molar-refractivity contribution in [1.29, 1.82) is 5.26 Å². The van der Waals surface area contributed by atoms with E-state index in [1.807, 2.05) is 48.5 Å². The Hall–Kier alpha value is -2.80. The zero-order valence-corrected chi connectivity index (χ0v) is 17.5. The normalized spacial score (nSPS) is 11.3. The second kappa shape index (κ2) is 7.91. The maximum Gasteiger partial charge on any atom is 0.129 e. The van der Waals surface area contributed by atoms with E-state index in [1.165, 1.54) is 23.3 Å². The van der Waals surface area contributed by atoms with Gasteiger partial charge in [0.2, 0.25) is 0 Å². The first-order valence-electron chi connectivity index (χ1n) is 8.83. The van der Waals surface area contributed by atoms with E-state index < -0.39 is 0 Å². The molecule has 0 unspecified atom stereocenters. The summed E-state index contributed by atoms with van der Waals surface area (Å²) in [5.41, 5.74) is 4.58. The van der Waals surface area contributed by atoms with Gasteiger partial charge in [0, 0.05) is 0 Å². The number of aromatic nitrogens is 5. The van der Waals surface area contributed by atoms with Crippen LogP contribution in [0.2, 0.25) is 0 Å². The number of rotatable bonds is 6. The standard InChI is InChI=1S/C20H14N6S3/c21-9-12-19(27-10-17-22-13-5-1-2-6-14(13)23-17)26-29-20(12)28-11-18-24-15-7-3-4-8-16(15)25-18/h1-8H,10-11H2,(H,22,23)(H,24,25). The van der Waals surface area contributed by atoms with Gasteiger partial charge in [0.05, 0.1) is 33.6 Å². The summed E-state index contributed by atoms with van der Waals surface area (Å²) >= 11 is 4.49. The molecule has 0 saturated heterocycles. The Labute approximate surface area is 179 Å². The lowest BCUT2D eigenvalue weighted by Gasteiger charge is -1.97. The minimum atomic E-state index is 0.636. The van der Waals surface area contributed by atoms with Crippen molar-refractivity contribution >= 4 is 57.1 Å².